The molecule has 222 valence electrons. The van der Waals surface area contributed by atoms with Crippen LogP contribution in [0.2, 0.25) is 6.32 Å². The van der Waals surface area contributed by atoms with Crippen LogP contribution in [0.4, 0.5) is 5.69 Å². The van der Waals surface area contributed by atoms with Gasteiger partial charge in [-0.25, -0.2) is 0 Å². The third kappa shape index (κ3) is 6.07. The predicted molar refractivity (Wildman–Crippen MR) is 160 cm³/mol. The second-order valence-corrected chi connectivity index (χ2v) is 11.6. The molecule has 2 amide bonds. The summed E-state index contributed by atoms with van der Waals surface area (Å²) < 4.78 is 11.8. The fourth-order valence-corrected chi connectivity index (χ4v) is 7.05. The van der Waals surface area contributed by atoms with Gasteiger partial charge in [-0.05, 0) is 85.7 Å². The first kappa shape index (κ1) is 30.5. The number of aliphatic hydroxyl groups excluding tert-OH is 1. The van der Waals surface area contributed by atoms with Gasteiger partial charge in [-0.1, -0.05) is 50.0 Å². The summed E-state index contributed by atoms with van der Waals surface area (Å²) in [5.74, 6) is -0.863. The number of aliphatic hydroxyl groups is 1. The highest BCUT2D eigenvalue weighted by atomic mass is 16.5. The second kappa shape index (κ2) is 13.1. The van der Waals surface area contributed by atoms with Gasteiger partial charge in [0.15, 0.2) is 0 Å². The molecule has 1 aliphatic carbocycles. The van der Waals surface area contributed by atoms with Crippen molar-refractivity contribution in [3.05, 3.63) is 64.6 Å². The van der Waals surface area contributed by atoms with Crippen molar-refractivity contribution in [1.82, 2.24) is 0 Å². The number of nitrogens with zero attached hydrogens (tertiary/aromatic N) is 1. The van der Waals surface area contributed by atoms with E-state index in [1.54, 1.807) is 18.2 Å². The summed E-state index contributed by atoms with van der Waals surface area (Å²) in [6.45, 7) is 4.05. The van der Waals surface area contributed by atoms with Crippen molar-refractivity contribution in [2.45, 2.75) is 77.8 Å². The summed E-state index contributed by atoms with van der Waals surface area (Å²) in [6.07, 6.45) is 7.15. The quantitative estimate of drug-likeness (QED) is 0.182. The highest BCUT2D eigenvalue weighted by Crippen LogP contribution is 2.52. The first-order valence-corrected chi connectivity index (χ1v) is 15.0. The molecule has 1 aromatic carbocycles. The van der Waals surface area contributed by atoms with Crippen LogP contribution in [-0.4, -0.2) is 52.3 Å². The zero-order valence-electron chi connectivity index (χ0n) is 24.2. The predicted octanol–water partition coefficient (Wildman–Crippen LogP) is 3.22. The molecule has 0 spiro atoms. The summed E-state index contributed by atoms with van der Waals surface area (Å²) >= 11 is 0. The standard InChI is InChI=1S/C31H39B2NO8/c1-3-6-19(14-23-11-12-24(18-35)41-23)10-13-27-28-20(7-4-2)15-25-29(26(28)17-32(38)42-27)31(37)34(30(25)36)22-9-5-8-21(16-22)33(39)40/h5,8-9,11-12,14,16,25-27,29,35,38-40H,3-4,6-7,10,13,15,17-18H2,1-2H3/b19-14+/t25-,26+,27-,29-/m1/s1. The van der Waals surface area contributed by atoms with Crippen molar-refractivity contribution in [3.8, 4) is 0 Å². The highest BCUT2D eigenvalue weighted by Gasteiger charge is 2.57. The van der Waals surface area contributed by atoms with Gasteiger partial charge in [0.2, 0.25) is 11.8 Å². The summed E-state index contributed by atoms with van der Waals surface area (Å²) in [5.41, 5.74) is 3.90. The third-order valence-electron chi connectivity index (χ3n) is 8.77. The lowest BCUT2D eigenvalue weighted by Gasteiger charge is -2.43. The molecule has 1 aromatic heterocycles. The lowest BCUT2D eigenvalue weighted by Crippen LogP contribution is -2.46. The fraction of sp³-hybridized carbons (Fsp3) is 0.484. The Labute approximate surface area is 247 Å². The minimum absolute atomic E-state index is 0.157. The Morgan fingerprint density at radius 3 is 2.60 bits per heavy atom. The third-order valence-corrected chi connectivity index (χ3v) is 8.77. The fourth-order valence-electron chi connectivity index (χ4n) is 7.05. The highest BCUT2D eigenvalue weighted by molar-refractivity contribution is 6.58. The molecule has 4 atom stereocenters. The molecule has 2 fully saturated rings. The van der Waals surface area contributed by atoms with Gasteiger partial charge in [0.05, 0.1) is 23.6 Å². The van der Waals surface area contributed by atoms with Gasteiger partial charge in [-0.3, -0.25) is 14.5 Å². The number of anilines is 1. The summed E-state index contributed by atoms with van der Waals surface area (Å²) in [7, 11) is -2.77. The molecule has 4 N–H and O–H groups in total. The average molecular weight is 575 g/mol. The van der Waals surface area contributed by atoms with Crippen LogP contribution >= 0.6 is 0 Å². The van der Waals surface area contributed by atoms with Crippen LogP contribution in [0, 0.1) is 17.8 Å². The van der Waals surface area contributed by atoms with Crippen LogP contribution in [0.5, 0.6) is 0 Å². The van der Waals surface area contributed by atoms with Crippen molar-refractivity contribution in [1.29, 1.82) is 0 Å². The van der Waals surface area contributed by atoms with Crippen LogP contribution in [0.25, 0.3) is 6.08 Å². The Morgan fingerprint density at radius 2 is 1.90 bits per heavy atom. The Balaban J connectivity index is 1.44. The number of rotatable bonds is 11. The van der Waals surface area contributed by atoms with E-state index < -0.39 is 26.1 Å². The van der Waals surface area contributed by atoms with E-state index in [0.717, 1.165) is 36.8 Å². The SMILES string of the molecule is CCCC1=C2[C@@H](CC/C(=C/c3ccc(CO)o3)CCC)OB(O)C[C@@H]2[C@@H]2C(=O)N(c3cccc(B(O)O)c3)C(=O)[C@@H]2C1. The number of allylic oxidation sites excluding steroid dienone is 2. The van der Waals surface area contributed by atoms with Crippen LogP contribution in [-0.2, 0) is 20.9 Å². The smallest absolute Gasteiger partial charge is 0.459 e. The van der Waals surface area contributed by atoms with Crippen molar-refractivity contribution < 1.29 is 38.8 Å². The van der Waals surface area contributed by atoms with Crippen LogP contribution in [0.1, 0.15) is 70.3 Å². The molecular formula is C31H39B2NO8. The Morgan fingerprint density at radius 1 is 1.10 bits per heavy atom. The van der Waals surface area contributed by atoms with Crippen molar-refractivity contribution in [3.63, 3.8) is 0 Å². The normalized spacial score (nSPS) is 24.4. The van der Waals surface area contributed by atoms with Crippen molar-refractivity contribution in [2.24, 2.45) is 17.8 Å². The number of fused-ring (bicyclic) bond motifs is 3. The van der Waals surface area contributed by atoms with Crippen molar-refractivity contribution in [2.75, 3.05) is 4.90 Å². The molecule has 42 heavy (non-hydrogen) atoms. The van der Waals surface area contributed by atoms with Gasteiger partial charge >= 0.3 is 14.2 Å². The topological polar surface area (TPSA) is 141 Å². The first-order chi connectivity index (χ1) is 20.2. The zero-order valence-corrected chi connectivity index (χ0v) is 24.2. The van der Waals surface area contributed by atoms with Gasteiger partial charge in [0.25, 0.3) is 0 Å². The minimum Gasteiger partial charge on any atom is -0.459 e. The Kier molecular flexibility index (Phi) is 9.54. The molecule has 2 aliphatic heterocycles. The van der Waals surface area contributed by atoms with Gasteiger partial charge in [-0.2, -0.15) is 0 Å². The molecule has 9 nitrogen and oxygen atoms in total. The summed E-state index contributed by atoms with van der Waals surface area (Å²) in [5, 5.41) is 39.5. The maximum absolute atomic E-state index is 13.9. The molecule has 2 saturated heterocycles. The van der Waals surface area contributed by atoms with Crippen LogP contribution in [0.3, 0.4) is 0 Å². The minimum atomic E-state index is -1.72. The Bertz CT molecular complexity index is 1370. The van der Waals surface area contributed by atoms with Gasteiger partial charge in [-0.15, -0.1) is 0 Å². The Hall–Kier alpha value is -2.95. The molecule has 0 bridgehead atoms. The molecule has 0 radical (unpaired) electrons. The maximum atomic E-state index is 13.9. The van der Waals surface area contributed by atoms with E-state index in [-0.39, 0.29) is 42.2 Å². The van der Waals surface area contributed by atoms with Crippen LogP contribution in [0.15, 0.2) is 57.5 Å². The lowest BCUT2D eigenvalue weighted by molar-refractivity contribution is -0.122. The lowest BCUT2D eigenvalue weighted by atomic mass is 9.58. The number of hydrogen-bond acceptors (Lipinski definition) is 8. The van der Waals surface area contributed by atoms with Gasteiger partial charge in [0.1, 0.15) is 18.1 Å². The average Bonchev–Trinajstić information content (AvgIpc) is 3.52. The molecule has 5 rings (SSSR count). The van der Waals surface area contributed by atoms with E-state index in [2.05, 4.69) is 13.8 Å². The van der Waals surface area contributed by atoms with E-state index in [1.807, 2.05) is 12.1 Å². The van der Waals surface area contributed by atoms with E-state index in [1.165, 1.54) is 22.6 Å². The number of benzene rings is 1. The maximum Gasteiger partial charge on any atom is 0.488 e. The number of hydrogen-bond donors (Lipinski definition) is 4. The monoisotopic (exact) mass is 575 g/mol. The molecule has 0 saturated carbocycles. The van der Waals surface area contributed by atoms with E-state index in [0.29, 0.717) is 36.5 Å². The molecule has 11 heteroatoms. The summed E-state index contributed by atoms with van der Waals surface area (Å²) in [6, 6.07) is 9.82. The number of furan rings is 1. The molecule has 0 unspecified atom stereocenters. The second-order valence-electron chi connectivity index (χ2n) is 11.6. The largest absolute Gasteiger partial charge is 0.488 e. The van der Waals surface area contributed by atoms with Gasteiger partial charge in [0, 0.05) is 0 Å². The van der Waals surface area contributed by atoms with Crippen LogP contribution < -0.4 is 10.4 Å². The van der Waals surface area contributed by atoms with E-state index in [4.69, 9.17) is 9.07 Å². The number of amides is 2. The number of imide groups is 1. The molecule has 2 aromatic rings. The number of carbonyl (C=O) groups excluding carboxylic acids is 2. The van der Waals surface area contributed by atoms with Crippen molar-refractivity contribution >= 4 is 43.3 Å². The summed E-state index contributed by atoms with van der Waals surface area (Å²) in [4.78, 5) is 28.9. The van der Waals surface area contributed by atoms with Gasteiger partial charge < -0.3 is 29.3 Å². The zero-order chi connectivity index (χ0) is 30.0. The molecular weight excluding hydrogens is 536 g/mol. The van der Waals surface area contributed by atoms with E-state index >= 15 is 0 Å². The molecule has 3 heterocycles. The van der Waals surface area contributed by atoms with E-state index in [9.17, 15) is 29.8 Å². The number of carbonyl (C=O) groups is 2. The molecule has 3 aliphatic rings. The first-order valence-electron chi connectivity index (χ1n) is 15.0.